The van der Waals surface area contributed by atoms with Crippen LogP contribution in [0.15, 0.2) is 40.4 Å². The normalized spacial score (nSPS) is 16.7. The molecule has 1 aliphatic rings. The summed E-state index contributed by atoms with van der Waals surface area (Å²) in [6.45, 7) is 1.86. The molecular weight excluding hydrogens is 371 g/mol. The molecule has 2 aromatic rings. The lowest BCUT2D eigenvalue weighted by Crippen LogP contribution is -2.37. The Hall–Kier alpha value is -2.49. The predicted octanol–water partition coefficient (Wildman–Crippen LogP) is 2.81. The van der Waals surface area contributed by atoms with Gasteiger partial charge in [-0.3, -0.25) is 14.2 Å². The molecule has 1 aromatic heterocycles. The molecule has 0 bridgehead atoms. The summed E-state index contributed by atoms with van der Waals surface area (Å²) >= 11 is 1.31. The highest BCUT2D eigenvalue weighted by Gasteiger charge is 2.31. The number of halogens is 3. The van der Waals surface area contributed by atoms with E-state index in [1.807, 2.05) is 0 Å². The van der Waals surface area contributed by atoms with E-state index in [1.165, 1.54) is 34.7 Å². The third-order valence-electron chi connectivity index (χ3n) is 3.72. The molecule has 0 radical (unpaired) electrons. The van der Waals surface area contributed by atoms with Gasteiger partial charge in [0.2, 0.25) is 5.91 Å². The number of aryl methyl sites for hydroxylation is 1. The molecule has 10 heteroatoms. The Morgan fingerprint density at radius 1 is 1.35 bits per heavy atom. The molecule has 1 atom stereocenters. The number of hydrogen-bond donors (Lipinski definition) is 1. The van der Waals surface area contributed by atoms with E-state index in [1.54, 1.807) is 6.92 Å². The quantitative estimate of drug-likeness (QED) is 0.823. The lowest BCUT2D eigenvalue weighted by molar-refractivity contribution is -0.274. The smallest absolute Gasteiger partial charge is 0.406 e. The van der Waals surface area contributed by atoms with Crippen molar-refractivity contribution in [1.82, 2.24) is 9.55 Å². The minimum Gasteiger partial charge on any atom is -0.406 e. The van der Waals surface area contributed by atoms with E-state index in [9.17, 15) is 22.8 Å². The zero-order valence-corrected chi connectivity index (χ0v) is 14.4. The van der Waals surface area contributed by atoms with Gasteiger partial charge in [0.05, 0.1) is 5.92 Å². The minimum absolute atomic E-state index is 0.186. The Kier molecular flexibility index (Phi) is 4.94. The summed E-state index contributed by atoms with van der Waals surface area (Å²) in [5, 5.41) is 3.21. The van der Waals surface area contributed by atoms with Crippen molar-refractivity contribution in [3.8, 4) is 5.75 Å². The lowest BCUT2D eigenvalue weighted by atomic mass is 10.1. The fourth-order valence-electron chi connectivity index (χ4n) is 2.44. The molecule has 1 aliphatic heterocycles. The molecule has 1 unspecified atom stereocenters. The van der Waals surface area contributed by atoms with Gasteiger partial charge in [0.1, 0.15) is 5.75 Å². The van der Waals surface area contributed by atoms with Crippen LogP contribution in [0.25, 0.3) is 0 Å². The number of thioether (sulfide) groups is 1. The van der Waals surface area contributed by atoms with Crippen molar-refractivity contribution < 1.29 is 22.7 Å². The van der Waals surface area contributed by atoms with Gasteiger partial charge in [-0.05, 0) is 31.2 Å². The molecule has 2 heterocycles. The zero-order valence-electron chi connectivity index (χ0n) is 13.5. The number of fused-ring (bicyclic) bond motifs is 1. The van der Waals surface area contributed by atoms with Crippen LogP contribution < -0.4 is 15.6 Å². The summed E-state index contributed by atoms with van der Waals surface area (Å²) in [7, 11) is 0. The predicted molar refractivity (Wildman–Crippen MR) is 89.2 cm³/mol. The van der Waals surface area contributed by atoms with E-state index >= 15 is 0 Å². The maximum absolute atomic E-state index is 12.4. The highest BCUT2D eigenvalue weighted by Crippen LogP contribution is 2.27. The molecule has 0 aliphatic carbocycles. The number of ether oxygens (including phenoxy) is 1. The van der Waals surface area contributed by atoms with Crippen LogP contribution in [-0.2, 0) is 11.3 Å². The Morgan fingerprint density at radius 2 is 2.04 bits per heavy atom. The molecule has 1 N–H and O–H groups in total. The molecule has 138 valence electrons. The largest absolute Gasteiger partial charge is 0.573 e. The van der Waals surface area contributed by atoms with Crippen LogP contribution in [0.3, 0.4) is 0 Å². The van der Waals surface area contributed by atoms with Gasteiger partial charge in [-0.25, -0.2) is 4.98 Å². The number of alkyl halides is 3. The number of carbonyl (C=O) groups is 1. The van der Waals surface area contributed by atoms with E-state index in [-0.39, 0.29) is 23.8 Å². The van der Waals surface area contributed by atoms with E-state index in [0.717, 1.165) is 12.1 Å². The number of nitrogens with zero attached hydrogens (tertiary/aromatic N) is 2. The average molecular weight is 385 g/mol. The Morgan fingerprint density at radius 3 is 2.69 bits per heavy atom. The van der Waals surface area contributed by atoms with Gasteiger partial charge in [0.25, 0.3) is 5.56 Å². The molecular formula is C16H14F3N3O3S. The third-order valence-corrected chi connectivity index (χ3v) is 4.88. The Balaban J connectivity index is 1.67. The number of anilines is 1. The topological polar surface area (TPSA) is 73.2 Å². The van der Waals surface area contributed by atoms with Gasteiger partial charge in [-0.1, -0.05) is 11.8 Å². The van der Waals surface area contributed by atoms with Crippen LogP contribution in [0.4, 0.5) is 18.9 Å². The maximum Gasteiger partial charge on any atom is 0.573 e. The van der Waals surface area contributed by atoms with Crippen LogP contribution in [0.1, 0.15) is 5.56 Å². The summed E-state index contributed by atoms with van der Waals surface area (Å²) in [4.78, 5) is 28.8. The first-order valence-corrected chi connectivity index (χ1v) is 8.57. The van der Waals surface area contributed by atoms with Crippen LogP contribution >= 0.6 is 11.8 Å². The monoisotopic (exact) mass is 385 g/mol. The second-order valence-corrected chi connectivity index (χ2v) is 6.70. The number of aromatic nitrogens is 2. The van der Waals surface area contributed by atoms with Crippen molar-refractivity contribution in [3.05, 3.63) is 46.4 Å². The molecule has 26 heavy (non-hydrogen) atoms. The summed E-state index contributed by atoms with van der Waals surface area (Å²) < 4.78 is 41.7. The van der Waals surface area contributed by atoms with Crippen LogP contribution in [0.5, 0.6) is 5.75 Å². The molecule has 3 rings (SSSR count). The molecule has 1 aromatic carbocycles. The van der Waals surface area contributed by atoms with E-state index in [2.05, 4.69) is 15.0 Å². The van der Waals surface area contributed by atoms with Gasteiger partial charge < -0.3 is 10.1 Å². The van der Waals surface area contributed by atoms with Crippen molar-refractivity contribution in [2.24, 2.45) is 5.92 Å². The van der Waals surface area contributed by atoms with E-state index < -0.39 is 12.3 Å². The second-order valence-electron chi connectivity index (χ2n) is 5.71. The van der Waals surface area contributed by atoms with Crippen molar-refractivity contribution >= 4 is 23.4 Å². The Bertz CT molecular complexity index is 881. The third kappa shape index (κ3) is 4.18. The van der Waals surface area contributed by atoms with Crippen molar-refractivity contribution in [2.75, 3.05) is 11.1 Å². The van der Waals surface area contributed by atoms with Crippen LogP contribution in [-0.4, -0.2) is 27.6 Å². The van der Waals surface area contributed by atoms with Crippen molar-refractivity contribution in [3.63, 3.8) is 0 Å². The molecule has 0 fully saturated rings. The van der Waals surface area contributed by atoms with Gasteiger partial charge >= 0.3 is 6.36 Å². The van der Waals surface area contributed by atoms with Gasteiger partial charge in [0, 0.05) is 29.7 Å². The molecule has 0 saturated heterocycles. The number of benzene rings is 1. The van der Waals surface area contributed by atoms with E-state index in [4.69, 9.17) is 0 Å². The summed E-state index contributed by atoms with van der Waals surface area (Å²) in [6.07, 6.45) is -3.26. The first-order valence-electron chi connectivity index (χ1n) is 7.59. The van der Waals surface area contributed by atoms with Crippen molar-refractivity contribution in [2.45, 2.75) is 25.0 Å². The fraction of sp³-hybridized carbons (Fsp3) is 0.312. The summed E-state index contributed by atoms with van der Waals surface area (Å²) in [5.41, 5.74) is 0.652. The minimum atomic E-state index is -4.77. The van der Waals surface area contributed by atoms with Crippen LogP contribution in [0, 0.1) is 12.8 Å². The lowest BCUT2D eigenvalue weighted by Gasteiger charge is -2.24. The average Bonchev–Trinajstić information content (AvgIpc) is 2.58. The maximum atomic E-state index is 12.4. The number of rotatable bonds is 3. The Labute approximate surface area is 150 Å². The van der Waals surface area contributed by atoms with Gasteiger partial charge in [-0.15, -0.1) is 13.2 Å². The van der Waals surface area contributed by atoms with Gasteiger partial charge in [-0.2, -0.15) is 0 Å². The highest BCUT2D eigenvalue weighted by atomic mass is 32.2. The first kappa shape index (κ1) is 18.3. The van der Waals surface area contributed by atoms with Crippen LogP contribution in [0.2, 0.25) is 0 Å². The number of carbonyl (C=O) groups excluding carboxylic acids is 1. The van der Waals surface area contributed by atoms with Gasteiger partial charge in [0.15, 0.2) is 5.16 Å². The number of nitrogens with one attached hydrogen (secondary N) is 1. The number of hydrogen-bond acceptors (Lipinski definition) is 5. The fourth-order valence-corrected chi connectivity index (χ4v) is 3.49. The van der Waals surface area contributed by atoms with E-state index in [0.29, 0.717) is 22.2 Å². The number of amides is 1. The highest BCUT2D eigenvalue weighted by molar-refractivity contribution is 7.99. The molecule has 0 spiro atoms. The summed E-state index contributed by atoms with van der Waals surface area (Å²) in [6, 6.07) is 4.87. The molecule has 0 saturated carbocycles. The zero-order chi connectivity index (χ0) is 18.9. The molecule has 1 amide bonds. The standard InChI is InChI=1S/C16H14F3N3O3S/c1-9-6-20-15-22(14(9)24)7-10(8-26-15)13(23)21-11-2-4-12(5-3-11)25-16(17,18)19/h2-6,10H,7-8H2,1H3,(H,21,23). The summed E-state index contributed by atoms with van der Waals surface area (Å²) in [5.74, 6) is -0.692. The molecule has 6 nitrogen and oxygen atoms in total. The first-order chi connectivity index (χ1) is 12.2. The SMILES string of the molecule is Cc1cnc2n(c1=O)CC(C(=O)Nc1ccc(OC(F)(F)F)cc1)CS2. The second kappa shape index (κ2) is 7.02. The van der Waals surface area contributed by atoms with Crippen molar-refractivity contribution in [1.29, 1.82) is 0 Å².